The van der Waals surface area contributed by atoms with Crippen LogP contribution < -0.4 is 10.1 Å². The summed E-state index contributed by atoms with van der Waals surface area (Å²) < 4.78 is 19.3. The van der Waals surface area contributed by atoms with Crippen LogP contribution in [0.4, 0.5) is 4.39 Å². The molecule has 1 amide bonds. The van der Waals surface area contributed by atoms with Crippen molar-refractivity contribution >= 4 is 5.91 Å². The first-order valence-electron chi connectivity index (χ1n) is 11.9. The molecule has 2 aliphatic carbocycles. The Hall–Kier alpha value is -2.13. The van der Waals surface area contributed by atoms with Crippen LogP contribution in [0.5, 0.6) is 5.75 Å². The normalized spacial score (nSPS) is 29.2. The average molecular weight is 428 g/mol. The summed E-state index contributed by atoms with van der Waals surface area (Å²) in [6.07, 6.45) is 8.90. The molecule has 1 saturated heterocycles. The lowest BCUT2D eigenvalue weighted by molar-refractivity contribution is -0.123. The van der Waals surface area contributed by atoms with Gasteiger partial charge in [0.2, 0.25) is 5.91 Å². The van der Waals surface area contributed by atoms with Gasteiger partial charge in [0.25, 0.3) is 0 Å². The Kier molecular flexibility index (Phi) is 7.12. The highest BCUT2D eigenvalue weighted by Crippen LogP contribution is 2.38. The van der Waals surface area contributed by atoms with Gasteiger partial charge in [0.1, 0.15) is 23.7 Å². The summed E-state index contributed by atoms with van der Waals surface area (Å²) >= 11 is 0. The average Bonchev–Trinajstić information content (AvgIpc) is 3.52. The Bertz CT molecular complexity index is 807. The Morgan fingerprint density at radius 2 is 1.94 bits per heavy atom. The first-order chi connectivity index (χ1) is 15.0. The number of nitrogens with one attached hydrogen (secondary N) is 1. The number of nitriles is 1. The number of hydrogen-bond acceptors (Lipinski definition) is 4. The van der Waals surface area contributed by atoms with Gasteiger partial charge in [-0.25, -0.2) is 4.39 Å². The van der Waals surface area contributed by atoms with Gasteiger partial charge in [0, 0.05) is 25.0 Å². The fourth-order valence-corrected chi connectivity index (χ4v) is 5.08. The monoisotopic (exact) mass is 427 g/mol. The van der Waals surface area contributed by atoms with Crippen LogP contribution in [0.3, 0.4) is 0 Å². The molecule has 0 unspecified atom stereocenters. The highest BCUT2D eigenvalue weighted by molar-refractivity contribution is 5.81. The van der Waals surface area contributed by atoms with Crippen molar-refractivity contribution in [3.63, 3.8) is 0 Å². The number of likely N-dealkylation sites (tertiary alicyclic amines) is 1. The molecular formula is C25H34FN3O2. The van der Waals surface area contributed by atoms with Gasteiger partial charge in [-0.3, -0.25) is 4.79 Å². The number of nitrogens with zero attached hydrogens (tertiary/aromatic N) is 2. The summed E-state index contributed by atoms with van der Waals surface area (Å²) in [5, 5.41) is 12.4. The molecule has 6 heteroatoms. The van der Waals surface area contributed by atoms with Crippen LogP contribution in [0, 0.1) is 34.9 Å². The molecule has 3 fully saturated rings. The second-order valence-electron chi connectivity index (χ2n) is 9.75. The summed E-state index contributed by atoms with van der Waals surface area (Å²) in [6.45, 7) is 5.27. The molecule has 0 radical (unpaired) electrons. The summed E-state index contributed by atoms with van der Waals surface area (Å²) in [5.74, 6) is 1.98. The lowest BCUT2D eigenvalue weighted by Crippen LogP contribution is -2.40. The van der Waals surface area contributed by atoms with Gasteiger partial charge in [-0.15, -0.1) is 0 Å². The first-order valence-corrected chi connectivity index (χ1v) is 11.9. The van der Waals surface area contributed by atoms with E-state index >= 15 is 0 Å². The Morgan fingerprint density at radius 3 is 2.58 bits per heavy atom. The number of ether oxygens (including phenoxy) is 1. The largest absolute Gasteiger partial charge is 0.489 e. The molecule has 31 heavy (non-hydrogen) atoms. The van der Waals surface area contributed by atoms with Crippen LogP contribution in [0.1, 0.15) is 63.9 Å². The molecule has 168 valence electrons. The molecule has 1 aromatic carbocycles. The van der Waals surface area contributed by atoms with Gasteiger partial charge in [0.05, 0.1) is 5.56 Å². The van der Waals surface area contributed by atoms with Crippen LogP contribution in [-0.2, 0) is 4.79 Å². The zero-order valence-electron chi connectivity index (χ0n) is 18.5. The number of amides is 1. The van der Waals surface area contributed by atoms with Crippen molar-refractivity contribution in [1.29, 1.82) is 5.26 Å². The third kappa shape index (κ3) is 5.98. The Morgan fingerprint density at radius 1 is 1.23 bits per heavy atom. The minimum absolute atomic E-state index is 0.0852. The summed E-state index contributed by atoms with van der Waals surface area (Å²) in [7, 11) is 0. The summed E-state index contributed by atoms with van der Waals surface area (Å²) in [4.78, 5) is 14.6. The molecule has 4 rings (SSSR count). The topological polar surface area (TPSA) is 65.4 Å². The summed E-state index contributed by atoms with van der Waals surface area (Å²) in [5.41, 5.74) is 0.265. The third-order valence-electron chi connectivity index (χ3n) is 7.38. The lowest BCUT2D eigenvalue weighted by Gasteiger charge is -2.34. The molecule has 2 atom stereocenters. The maximum atomic E-state index is 13.3. The molecule has 2 saturated carbocycles. The fraction of sp³-hybridized carbons (Fsp3) is 0.680. The van der Waals surface area contributed by atoms with Crippen molar-refractivity contribution in [2.75, 3.05) is 19.6 Å². The second kappa shape index (κ2) is 9.99. The zero-order chi connectivity index (χ0) is 21.8. The summed E-state index contributed by atoms with van der Waals surface area (Å²) in [6, 6.07) is 6.54. The molecule has 1 aromatic rings. The van der Waals surface area contributed by atoms with E-state index in [4.69, 9.17) is 4.74 Å². The lowest BCUT2D eigenvalue weighted by atomic mass is 9.84. The third-order valence-corrected chi connectivity index (χ3v) is 7.38. The molecule has 0 spiro atoms. The minimum atomic E-state index is -0.410. The predicted molar refractivity (Wildman–Crippen MR) is 117 cm³/mol. The quantitative estimate of drug-likeness (QED) is 0.706. The van der Waals surface area contributed by atoms with E-state index in [9.17, 15) is 14.4 Å². The van der Waals surface area contributed by atoms with E-state index in [-0.39, 0.29) is 23.5 Å². The van der Waals surface area contributed by atoms with Crippen molar-refractivity contribution in [3.8, 4) is 11.8 Å². The van der Waals surface area contributed by atoms with Crippen molar-refractivity contribution in [3.05, 3.63) is 29.6 Å². The van der Waals surface area contributed by atoms with Crippen LogP contribution in [0.25, 0.3) is 0 Å². The SMILES string of the molecule is C[C@@H]1C[C@H]1C(=O)NC1CCC(CCN2CCC(Oc3ccc(F)cc3C#N)CC2)CC1. The van der Waals surface area contributed by atoms with Crippen molar-refractivity contribution < 1.29 is 13.9 Å². The minimum Gasteiger partial charge on any atom is -0.489 e. The standard InChI is InChI=1S/C25H34FN3O2/c1-17-14-23(17)25(30)28-21-5-2-18(3-6-21)8-11-29-12-9-22(10-13-29)31-24-7-4-20(26)15-19(24)16-27/h4,7,15,17-18,21-23H,2-3,5-6,8-14H2,1H3,(H,28,30)/t17-,18?,21?,23-/m1/s1. The number of hydrogen-bond donors (Lipinski definition) is 1. The van der Waals surface area contributed by atoms with E-state index in [2.05, 4.69) is 17.1 Å². The Labute approximate surface area is 184 Å². The number of halogens is 1. The zero-order valence-corrected chi connectivity index (χ0v) is 18.5. The molecule has 1 aliphatic heterocycles. The van der Waals surface area contributed by atoms with E-state index in [1.807, 2.05) is 6.07 Å². The molecular weight excluding hydrogens is 393 g/mol. The molecule has 5 nitrogen and oxygen atoms in total. The van der Waals surface area contributed by atoms with Gasteiger partial charge in [-0.1, -0.05) is 6.92 Å². The highest BCUT2D eigenvalue weighted by Gasteiger charge is 2.40. The smallest absolute Gasteiger partial charge is 0.223 e. The number of carbonyl (C=O) groups is 1. The maximum Gasteiger partial charge on any atom is 0.223 e. The van der Waals surface area contributed by atoms with E-state index in [1.165, 1.54) is 31.4 Å². The van der Waals surface area contributed by atoms with Crippen molar-refractivity contribution in [2.24, 2.45) is 17.8 Å². The molecule has 0 bridgehead atoms. The van der Waals surface area contributed by atoms with Crippen LogP contribution >= 0.6 is 0 Å². The number of rotatable bonds is 7. The fourth-order valence-electron chi connectivity index (χ4n) is 5.08. The molecule has 3 aliphatic rings. The van der Waals surface area contributed by atoms with Crippen LogP contribution in [-0.4, -0.2) is 42.6 Å². The van der Waals surface area contributed by atoms with Gasteiger partial charge in [0.15, 0.2) is 0 Å². The molecule has 1 N–H and O–H groups in total. The highest BCUT2D eigenvalue weighted by atomic mass is 19.1. The van der Waals surface area contributed by atoms with Crippen LogP contribution in [0.15, 0.2) is 18.2 Å². The van der Waals surface area contributed by atoms with Crippen molar-refractivity contribution in [2.45, 2.75) is 70.4 Å². The number of benzene rings is 1. The first kappa shape index (κ1) is 22.1. The Balaban J connectivity index is 1.12. The second-order valence-corrected chi connectivity index (χ2v) is 9.75. The molecule has 1 heterocycles. The van der Waals surface area contributed by atoms with Gasteiger partial charge < -0.3 is 15.0 Å². The van der Waals surface area contributed by atoms with Gasteiger partial charge in [-0.05, 0) is 87.9 Å². The number of carbonyl (C=O) groups excluding carboxylic acids is 1. The van der Waals surface area contributed by atoms with E-state index in [1.54, 1.807) is 6.07 Å². The van der Waals surface area contributed by atoms with Crippen molar-refractivity contribution in [1.82, 2.24) is 10.2 Å². The van der Waals surface area contributed by atoms with Crippen LogP contribution in [0.2, 0.25) is 0 Å². The molecule has 0 aromatic heterocycles. The van der Waals surface area contributed by atoms with Gasteiger partial charge in [-0.2, -0.15) is 5.26 Å². The van der Waals surface area contributed by atoms with E-state index < -0.39 is 5.82 Å². The van der Waals surface area contributed by atoms with E-state index in [0.717, 1.165) is 57.7 Å². The van der Waals surface area contributed by atoms with E-state index in [0.29, 0.717) is 17.7 Å². The maximum absolute atomic E-state index is 13.3. The van der Waals surface area contributed by atoms with Gasteiger partial charge >= 0.3 is 0 Å². The number of piperidine rings is 1. The predicted octanol–water partition coefficient (Wildman–Crippen LogP) is 4.26.